The number of hydrogen-bond acceptors (Lipinski definition) is 3. The van der Waals surface area contributed by atoms with Crippen LogP contribution in [0.15, 0.2) is 4.99 Å². The number of nitrogens with one attached hydrogen (secondary N) is 3. The Hall–Kier alpha value is -0.730. The SMILES string of the molecule is CCNC(=NCC(C)(C)NC(=O)OC(C)(C)C)NC1CC1C.I. The van der Waals surface area contributed by atoms with Crippen molar-refractivity contribution in [3.05, 3.63) is 0 Å². The van der Waals surface area contributed by atoms with Crippen LogP contribution in [0.1, 0.15) is 54.9 Å². The molecule has 0 aromatic carbocycles. The van der Waals surface area contributed by atoms with Gasteiger partial charge in [-0.2, -0.15) is 0 Å². The van der Waals surface area contributed by atoms with Crippen molar-refractivity contribution in [2.75, 3.05) is 13.1 Å². The van der Waals surface area contributed by atoms with E-state index in [1.807, 2.05) is 41.5 Å². The van der Waals surface area contributed by atoms with Crippen LogP contribution in [0.4, 0.5) is 4.79 Å². The van der Waals surface area contributed by atoms with E-state index in [2.05, 4.69) is 27.9 Å². The number of halogens is 1. The molecule has 7 heteroatoms. The molecule has 0 aliphatic heterocycles. The lowest BCUT2D eigenvalue weighted by Crippen LogP contribution is -2.49. The van der Waals surface area contributed by atoms with Crippen molar-refractivity contribution in [1.29, 1.82) is 0 Å². The van der Waals surface area contributed by atoms with Crippen LogP contribution in [0, 0.1) is 5.92 Å². The summed E-state index contributed by atoms with van der Waals surface area (Å²) in [5.41, 5.74) is -0.970. The number of ether oxygens (including phenoxy) is 1. The smallest absolute Gasteiger partial charge is 0.408 e. The van der Waals surface area contributed by atoms with Gasteiger partial charge in [-0.15, -0.1) is 24.0 Å². The second kappa shape index (κ2) is 8.94. The first-order valence-electron chi connectivity index (χ1n) is 8.08. The molecule has 1 fully saturated rings. The van der Waals surface area contributed by atoms with Gasteiger partial charge >= 0.3 is 6.09 Å². The standard InChI is InChI=1S/C16H32N4O2.HI/c1-8-17-13(19-12-9-11(12)2)18-10-16(6,7)20-14(21)22-15(3,4)5;/h11-12H,8-10H2,1-7H3,(H,20,21)(H2,17,18,19);1H. The molecule has 1 aliphatic rings. The van der Waals surface area contributed by atoms with Gasteiger partial charge in [0.2, 0.25) is 0 Å². The van der Waals surface area contributed by atoms with E-state index in [4.69, 9.17) is 4.74 Å². The summed E-state index contributed by atoms with van der Waals surface area (Å²) >= 11 is 0. The van der Waals surface area contributed by atoms with Crippen LogP contribution in [0.2, 0.25) is 0 Å². The first-order chi connectivity index (χ1) is 10.0. The molecule has 0 aromatic heterocycles. The Bertz CT molecular complexity index is 419. The van der Waals surface area contributed by atoms with E-state index in [-0.39, 0.29) is 24.0 Å². The monoisotopic (exact) mass is 440 g/mol. The van der Waals surface area contributed by atoms with Crippen molar-refractivity contribution in [3.63, 3.8) is 0 Å². The fourth-order valence-electron chi connectivity index (χ4n) is 1.91. The maximum Gasteiger partial charge on any atom is 0.408 e. The first-order valence-corrected chi connectivity index (χ1v) is 8.08. The van der Waals surface area contributed by atoms with E-state index in [0.29, 0.717) is 18.5 Å². The van der Waals surface area contributed by atoms with Gasteiger partial charge in [-0.05, 0) is 53.9 Å². The van der Waals surface area contributed by atoms with Crippen molar-refractivity contribution in [3.8, 4) is 0 Å². The van der Waals surface area contributed by atoms with E-state index in [1.165, 1.54) is 6.42 Å². The number of rotatable bonds is 5. The molecule has 136 valence electrons. The quantitative estimate of drug-likeness (QED) is 0.349. The zero-order valence-electron chi connectivity index (χ0n) is 15.4. The molecular weight excluding hydrogens is 407 g/mol. The number of amides is 1. The number of carbonyl (C=O) groups is 1. The Morgan fingerprint density at radius 2 is 1.83 bits per heavy atom. The van der Waals surface area contributed by atoms with Gasteiger partial charge in [0.25, 0.3) is 0 Å². The third-order valence-corrected chi connectivity index (χ3v) is 3.25. The van der Waals surface area contributed by atoms with Crippen molar-refractivity contribution in [1.82, 2.24) is 16.0 Å². The van der Waals surface area contributed by atoms with Crippen LogP contribution in [-0.4, -0.2) is 42.3 Å². The van der Waals surface area contributed by atoms with Crippen LogP contribution in [0.25, 0.3) is 0 Å². The number of nitrogens with zero attached hydrogens (tertiary/aromatic N) is 1. The van der Waals surface area contributed by atoms with Gasteiger partial charge in [0, 0.05) is 12.6 Å². The van der Waals surface area contributed by atoms with E-state index >= 15 is 0 Å². The summed E-state index contributed by atoms with van der Waals surface area (Å²) in [7, 11) is 0. The lowest BCUT2D eigenvalue weighted by Gasteiger charge is -2.27. The second-order valence-corrected chi connectivity index (χ2v) is 7.67. The highest BCUT2D eigenvalue weighted by Gasteiger charge is 2.33. The van der Waals surface area contributed by atoms with Gasteiger partial charge in [0.15, 0.2) is 5.96 Å². The van der Waals surface area contributed by atoms with Gasteiger partial charge in [-0.3, -0.25) is 4.99 Å². The van der Waals surface area contributed by atoms with Crippen LogP contribution < -0.4 is 16.0 Å². The van der Waals surface area contributed by atoms with E-state index < -0.39 is 17.2 Å². The van der Waals surface area contributed by atoms with Gasteiger partial charge < -0.3 is 20.7 Å². The predicted molar refractivity (Wildman–Crippen MR) is 106 cm³/mol. The van der Waals surface area contributed by atoms with Gasteiger partial charge in [0.05, 0.1) is 12.1 Å². The fourth-order valence-corrected chi connectivity index (χ4v) is 1.91. The molecule has 2 atom stereocenters. The lowest BCUT2D eigenvalue weighted by atomic mass is 10.1. The summed E-state index contributed by atoms with van der Waals surface area (Å²) in [4.78, 5) is 16.4. The fraction of sp³-hybridized carbons (Fsp3) is 0.875. The summed E-state index contributed by atoms with van der Waals surface area (Å²) in [6, 6.07) is 0.514. The minimum absolute atomic E-state index is 0. The Morgan fingerprint density at radius 3 is 2.26 bits per heavy atom. The molecule has 2 unspecified atom stereocenters. The van der Waals surface area contributed by atoms with Crippen LogP contribution >= 0.6 is 24.0 Å². The summed E-state index contributed by atoms with van der Waals surface area (Å²) in [6.07, 6.45) is 0.769. The number of aliphatic imine (C=N–C) groups is 1. The van der Waals surface area contributed by atoms with Crippen molar-refractivity contribution < 1.29 is 9.53 Å². The Kier molecular flexibility index (Phi) is 8.65. The Morgan fingerprint density at radius 1 is 1.26 bits per heavy atom. The largest absolute Gasteiger partial charge is 0.444 e. The molecule has 0 aromatic rings. The van der Waals surface area contributed by atoms with E-state index in [9.17, 15) is 4.79 Å². The van der Waals surface area contributed by atoms with Crippen molar-refractivity contribution in [2.24, 2.45) is 10.9 Å². The Labute approximate surface area is 157 Å². The molecule has 0 radical (unpaired) electrons. The van der Waals surface area contributed by atoms with Crippen molar-refractivity contribution >= 4 is 36.0 Å². The van der Waals surface area contributed by atoms with E-state index in [1.54, 1.807) is 0 Å². The number of carbonyl (C=O) groups excluding carboxylic acids is 1. The molecule has 0 bridgehead atoms. The molecule has 1 rings (SSSR count). The minimum Gasteiger partial charge on any atom is -0.444 e. The van der Waals surface area contributed by atoms with Gasteiger partial charge in [0.1, 0.15) is 5.60 Å². The van der Waals surface area contributed by atoms with Crippen molar-refractivity contribution in [2.45, 2.75) is 72.1 Å². The topological polar surface area (TPSA) is 74.8 Å². The Balaban J connectivity index is 0.00000484. The highest BCUT2D eigenvalue weighted by atomic mass is 127. The molecule has 6 nitrogen and oxygen atoms in total. The second-order valence-electron chi connectivity index (χ2n) is 7.67. The zero-order valence-corrected chi connectivity index (χ0v) is 17.8. The summed E-state index contributed by atoms with van der Waals surface area (Å²) in [6.45, 7) is 15.0. The molecule has 23 heavy (non-hydrogen) atoms. The van der Waals surface area contributed by atoms with Crippen LogP contribution in [0.5, 0.6) is 0 Å². The predicted octanol–water partition coefficient (Wildman–Crippen LogP) is 2.87. The zero-order chi connectivity index (χ0) is 17.0. The maximum absolute atomic E-state index is 11.9. The van der Waals surface area contributed by atoms with Crippen LogP contribution in [0.3, 0.4) is 0 Å². The highest BCUT2D eigenvalue weighted by Crippen LogP contribution is 2.28. The molecular formula is C16H33IN4O2. The highest BCUT2D eigenvalue weighted by molar-refractivity contribution is 14.0. The third-order valence-electron chi connectivity index (χ3n) is 3.25. The van der Waals surface area contributed by atoms with Gasteiger partial charge in [-0.1, -0.05) is 6.92 Å². The van der Waals surface area contributed by atoms with Gasteiger partial charge in [-0.25, -0.2) is 4.79 Å². The number of hydrogen-bond donors (Lipinski definition) is 3. The average Bonchev–Trinajstić information content (AvgIpc) is 2.99. The number of guanidine groups is 1. The summed E-state index contributed by atoms with van der Waals surface area (Å²) in [5, 5.41) is 9.50. The number of alkyl carbamates (subject to hydrolysis) is 1. The maximum atomic E-state index is 11.9. The lowest BCUT2D eigenvalue weighted by molar-refractivity contribution is 0.0476. The molecule has 1 saturated carbocycles. The molecule has 3 N–H and O–H groups in total. The molecule has 0 saturated heterocycles. The molecule has 0 heterocycles. The molecule has 1 amide bonds. The average molecular weight is 440 g/mol. The molecule has 1 aliphatic carbocycles. The third kappa shape index (κ3) is 9.88. The molecule has 0 spiro atoms. The first kappa shape index (κ1) is 22.3. The van der Waals surface area contributed by atoms with E-state index in [0.717, 1.165) is 12.5 Å². The minimum atomic E-state index is -0.498. The summed E-state index contributed by atoms with van der Waals surface area (Å²) in [5.74, 6) is 1.51. The summed E-state index contributed by atoms with van der Waals surface area (Å²) < 4.78 is 5.29. The normalized spacial score (nSPS) is 21.1. The van der Waals surface area contributed by atoms with Crippen LogP contribution in [-0.2, 0) is 4.74 Å².